The molecule has 0 bridgehead atoms. The van der Waals surface area contributed by atoms with Crippen molar-refractivity contribution in [3.8, 4) is 0 Å². The zero-order valence-corrected chi connectivity index (χ0v) is 13.9. The Morgan fingerprint density at radius 3 is 1.52 bits per heavy atom. The lowest BCUT2D eigenvalue weighted by Crippen LogP contribution is -2.53. The molecule has 2 amide bonds. The number of carbonyl (C=O) groups excluding carboxylic acids is 1. The molecule has 146 valence electrons. The van der Waals surface area contributed by atoms with E-state index in [1.54, 1.807) is 0 Å². The highest BCUT2D eigenvalue weighted by atomic mass is 35.5. The fourth-order valence-electron chi connectivity index (χ4n) is 2.11. The maximum absolute atomic E-state index is 12.8. The molecule has 0 heterocycles. The Morgan fingerprint density at radius 2 is 1.15 bits per heavy atom. The highest BCUT2D eigenvalue weighted by Gasteiger charge is 2.71. The fourth-order valence-corrected chi connectivity index (χ4v) is 2.24. The van der Waals surface area contributed by atoms with Crippen molar-refractivity contribution in [1.29, 1.82) is 0 Å². The molecule has 0 aliphatic rings. The first-order valence-electron chi connectivity index (χ1n) is 7.14. The number of hydrogen-bond donors (Lipinski definition) is 3. The molecule has 3 N–H and O–H groups in total. The Labute approximate surface area is 153 Å². The van der Waals surface area contributed by atoms with E-state index in [2.05, 4.69) is 10.6 Å². The number of rotatable bonds is 3. The molecular weight excluding hydrogens is 402 g/mol. The first-order chi connectivity index (χ1) is 12.3. The van der Waals surface area contributed by atoms with Gasteiger partial charge in [0, 0.05) is 22.0 Å². The number of amides is 2. The molecule has 11 heteroatoms. The molecule has 2 aromatic rings. The smallest absolute Gasteiger partial charge is 0.369 e. The van der Waals surface area contributed by atoms with Crippen LogP contribution in [-0.2, 0) is 5.60 Å². The first-order valence-corrected chi connectivity index (χ1v) is 7.52. The molecule has 27 heavy (non-hydrogen) atoms. The van der Waals surface area contributed by atoms with Gasteiger partial charge >= 0.3 is 18.4 Å². The van der Waals surface area contributed by atoms with Gasteiger partial charge in [-0.2, -0.15) is 26.3 Å². The maximum atomic E-state index is 12.8. The third-order valence-electron chi connectivity index (χ3n) is 3.48. The number of anilines is 2. The molecule has 4 nitrogen and oxygen atoms in total. The average molecular weight is 413 g/mol. The summed E-state index contributed by atoms with van der Waals surface area (Å²) < 4.78 is 76.8. The predicted molar refractivity (Wildman–Crippen MR) is 86.5 cm³/mol. The van der Waals surface area contributed by atoms with Crippen LogP contribution in [0.5, 0.6) is 0 Å². The molecule has 0 radical (unpaired) electrons. The monoisotopic (exact) mass is 412 g/mol. The summed E-state index contributed by atoms with van der Waals surface area (Å²) in [5.41, 5.74) is -6.18. The standard InChI is InChI=1S/C16H11ClF6N2O2/c17-10-3-7-12(8-4-10)25-13(26)24-11-5-1-9(2-6-11)14(27,15(18,19)20)16(21,22)23/h1-8,27H,(H2,24,25,26). The number of aliphatic hydroxyl groups is 1. The van der Waals surface area contributed by atoms with Gasteiger partial charge in [0.2, 0.25) is 0 Å². The van der Waals surface area contributed by atoms with Crippen molar-refractivity contribution >= 4 is 29.0 Å². The van der Waals surface area contributed by atoms with Crippen molar-refractivity contribution in [2.75, 3.05) is 10.6 Å². The number of carbonyl (C=O) groups is 1. The van der Waals surface area contributed by atoms with Gasteiger partial charge in [0.25, 0.3) is 5.60 Å². The second-order valence-corrected chi connectivity index (χ2v) is 5.81. The Morgan fingerprint density at radius 1 is 0.778 bits per heavy atom. The Balaban J connectivity index is 2.16. The van der Waals surface area contributed by atoms with E-state index in [0.717, 1.165) is 12.1 Å². The quantitative estimate of drug-likeness (QED) is 0.599. The van der Waals surface area contributed by atoms with Gasteiger partial charge in [0.1, 0.15) is 0 Å². The third kappa shape index (κ3) is 4.45. The number of urea groups is 1. The predicted octanol–water partition coefficient (Wildman–Crippen LogP) is 5.30. The van der Waals surface area contributed by atoms with Crippen LogP contribution in [0, 0.1) is 0 Å². The lowest BCUT2D eigenvalue weighted by atomic mass is 9.92. The lowest BCUT2D eigenvalue weighted by molar-refractivity contribution is -0.376. The van der Waals surface area contributed by atoms with Crippen LogP contribution >= 0.6 is 11.6 Å². The van der Waals surface area contributed by atoms with Crippen LogP contribution in [0.4, 0.5) is 42.5 Å². The molecule has 0 unspecified atom stereocenters. The van der Waals surface area contributed by atoms with Crippen molar-refractivity contribution in [3.63, 3.8) is 0 Å². The van der Waals surface area contributed by atoms with Crippen LogP contribution in [0.3, 0.4) is 0 Å². The molecule has 0 saturated carbocycles. The van der Waals surface area contributed by atoms with Crippen molar-refractivity contribution in [2.24, 2.45) is 0 Å². The zero-order chi connectivity index (χ0) is 20.5. The van der Waals surface area contributed by atoms with Crippen LogP contribution in [0.2, 0.25) is 5.02 Å². The van der Waals surface area contributed by atoms with Gasteiger partial charge in [0.05, 0.1) is 0 Å². The minimum absolute atomic E-state index is 0.0862. The minimum atomic E-state index is -5.98. The van der Waals surface area contributed by atoms with Gasteiger partial charge in [-0.3, -0.25) is 0 Å². The molecule has 0 aliphatic carbocycles. The SMILES string of the molecule is O=C(Nc1ccc(Cl)cc1)Nc1ccc(C(O)(C(F)(F)F)C(F)(F)F)cc1. The molecule has 2 aromatic carbocycles. The lowest BCUT2D eigenvalue weighted by Gasteiger charge is -2.32. The van der Waals surface area contributed by atoms with E-state index in [9.17, 15) is 36.2 Å². The number of halogens is 7. The first kappa shape index (κ1) is 20.8. The van der Waals surface area contributed by atoms with E-state index in [1.807, 2.05) is 0 Å². The zero-order valence-electron chi connectivity index (χ0n) is 13.1. The summed E-state index contributed by atoms with van der Waals surface area (Å²) in [4.78, 5) is 11.8. The van der Waals surface area contributed by atoms with E-state index < -0.39 is 29.5 Å². The van der Waals surface area contributed by atoms with Crippen molar-refractivity contribution < 1.29 is 36.2 Å². The van der Waals surface area contributed by atoms with Crippen LogP contribution in [-0.4, -0.2) is 23.5 Å². The maximum Gasteiger partial charge on any atom is 0.430 e. The van der Waals surface area contributed by atoms with Crippen molar-refractivity contribution in [3.05, 3.63) is 59.1 Å². The van der Waals surface area contributed by atoms with Gasteiger partial charge in [0.15, 0.2) is 0 Å². The van der Waals surface area contributed by atoms with Gasteiger partial charge in [-0.25, -0.2) is 4.79 Å². The largest absolute Gasteiger partial charge is 0.430 e. The number of benzene rings is 2. The Bertz CT molecular complexity index is 790. The van der Waals surface area contributed by atoms with Crippen molar-refractivity contribution in [1.82, 2.24) is 0 Å². The summed E-state index contributed by atoms with van der Waals surface area (Å²) >= 11 is 5.68. The number of alkyl halides is 6. The molecule has 2 rings (SSSR count). The molecule has 0 spiro atoms. The molecule has 0 saturated heterocycles. The van der Waals surface area contributed by atoms with Gasteiger partial charge in [-0.1, -0.05) is 23.7 Å². The third-order valence-corrected chi connectivity index (χ3v) is 3.74. The summed E-state index contributed by atoms with van der Waals surface area (Å²) in [7, 11) is 0. The summed E-state index contributed by atoms with van der Waals surface area (Å²) in [6, 6.07) is 7.65. The molecule has 0 aliphatic heterocycles. The second kappa shape index (κ2) is 7.28. The van der Waals surface area contributed by atoms with Crippen molar-refractivity contribution in [2.45, 2.75) is 18.0 Å². The Kier molecular flexibility index (Phi) is 5.62. The normalized spacial score (nSPS) is 12.6. The van der Waals surface area contributed by atoms with Gasteiger partial charge in [-0.15, -0.1) is 0 Å². The van der Waals surface area contributed by atoms with Crippen LogP contribution in [0.1, 0.15) is 5.56 Å². The van der Waals surface area contributed by atoms with E-state index >= 15 is 0 Å². The van der Waals surface area contributed by atoms with Crippen LogP contribution < -0.4 is 10.6 Å². The second-order valence-electron chi connectivity index (χ2n) is 5.37. The van der Waals surface area contributed by atoms with E-state index in [-0.39, 0.29) is 5.69 Å². The minimum Gasteiger partial charge on any atom is -0.369 e. The summed E-state index contributed by atoms with van der Waals surface area (Å²) in [6.07, 6.45) is -12.0. The summed E-state index contributed by atoms with van der Waals surface area (Å²) in [5.74, 6) is 0. The van der Waals surface area contributed by atoms with Gasteiger partial charge in [-0.05, 0) is 36.4 Å². The highest BCUT2D eigenvalue weighted by Crippen LogP contribution is 2.50. The molecule has 0 atom stereocenters. The fraction of sp³-hybridized carbons (Fsp3) is 0.188. The molecule has 0 aromatic heterocycles. The number of hydrogen-bond acceptors (Lipinski definition) is 2. The number of nitrogens with one attached hydrogen (secondary N) is 2. The molecule has 0 fully saturated rings. The van der Waals surface area contributed by atoms with E-state index in [4.69, 9.17) is 11.6 Å². The molecular formula is C16H11ClF6N2O2. The highest BCUT2D eigenvalue weighted by molar-refractivity contribution is 6.30. The summed E-state index contributed by atoms with van der Waals surface area (Å²) in [6.45, 7) is 0. The average Bonchev–Trinajstić information content (AvgIpc) is 2.55. The van der Waals surface area contributed by atoms with E-state index in [0.29, 0.717) is 22.8 Å². The van der Waals surface area contributed by atoms with Crippen LogP contribution in [0.15, 0.2) is 48.5 Å². The van der Waals surface area contributed by atoms with E-state index in [1.165, 1.54) is 24.3 Å². The summed E-state index contributed by atoms with van der Waals surface area (Å²) in [5, 5.41) is 14.3. The van der Waals surface area contributed by atoms with Crippen LogP contribution in [0.25, 0.3) is 0 Å². The Hall–Kier alpha value is -2.46. The topological polar surface area (TPSA) is 61.4 Å². The van der Waals surface area contributed by atoms with Gasteiger partial charge < -0.3 is 15.7 Å².